The van der Waals surface area contributed by atoms with Gasteiger partial charge >= 0.3 is 0 Å². The lowest BCUT2D eigenvalue weighted by Crippen LogP contribution is -2.39. The molecule has 0 radical (unpaired) electrons. The highest BCUT2D eigenvalue weighted by Crippen LogP contribution is 2.19. The minimum absolute atomic E-state index is 0.0358. The maximum absolute atomic E-state index is 12.5. The zero-order valence-electron chi connectivity index (χ0n) is 12.8. The van der Waals surface area contributed by atoms with Crippen LogP contribution in [0.15, 0.2) is 18.2 Å². The highest BCUT2D eigenvalue weighted by atomic mass is 32.2. The second-order valence-electron chi connectivity index (χ2n) is 5.57. The minimum Gasteiger partial charge on any atom is -0.384 e. The summed E-state index contributed by atoms with van der Waals surface area (Å²) in [6, 6.07) is 6.00. The molecule has 1 aromatic rings. The molecule has 4 nitrogen and oxygen atoms in total. The van der Waals surface area contributed by atoms with Crippen LogP contribution in [0.3, 0.4) is 0 Å². The third-order valence-electron chi connectivity index (χ3n) is 3.71. The number of amides is 1. The number of nitrogens with one attached hydrogen (secondary N) is 2. The molecule has 0 aromatic heterocycles. The van der Waals surface area contributed by atoms with Gasteiger partial charge in [0.25, 0.3) is 5.91 Å². The molecule has 1 amide bonds. The third-order valence-corrected chi connectivity index (χ3v) is 5.09. The molecule has 1 aromatic carbocycles. The summed E-state index contributed by atoms with van der Waals surface area (Å²) in [7, 11) is -0.696. The van der Waals surface area contributed by atoms with Crippen LogP contribution in [0.5, 0.6) is 0 Å². The minimum atomic E-state index is -0.696. The molecule has 1 saturated heterocycles. The first-order valence-electron chi connectivity index (χ1n) is 7.60. The van der Waals surface area contributed by atoms with Crippen molar-refractivity contribution >= 4 is 22.4 Å². The Kier molecular flexibility index (Phi) is 5.79. The largest absolute Gasteiger partial charge is 0.384 e. The fourth-order valence-electron chi connectivity index (χ4n) is 2.46. The Balaban J connectivity index is 2.05. The van der Waals surface area contributed by atoms with E-state index in [9.17, 15) is 9.00 Å². The number of benzene rings is 1. The standard InChI is InChI=1S/C16H24N2O2S/c1-3-8-17-15-11-12(2)4-5-14(15)16(19)18-13-6-9-21(20)10-7-13/h4-5,11,13,17H,3,6-10H2,1-2H3,(H,18,19). The Hall–Kier alpha value is -1.36. The summed E-state index contributed by atoms with van der Waals surface area (Å²) < 4.78 is 11.4. The van der Waals surface area contributed by atoms with Gasteiger partial charge in [-0.05, 0) is 43.9 Å². The van der Waals surface area contributed by atoms with Gasteiger partial charge in [0, 0.05) is 40.6 Å². The Morgan fingerprint density at radius 3 is 2.71 bits per heavy atom. The summed E-state index contributed by atoms with van der Waals surface area (Å²) in [5.74, 6) is 1.35. The summed E-state index contributed by atoms with van der Waals surface area (Å²) in [5.41, 5.74) is 2.73. The molecule has 1 heterocycles. The molecule has 5 heteroatoms. The number of carbonyl (C=O) groups is 1. The van der Waals surface area contributed by atoms with Gasteiger partial charge in [0.1, 0.15) is 0 Å². The quantitative estimate of drug-likeness (QED) is 0.878. The second-order valence-corrected chi connectivity index (χ2v) is 7.27. The van der Waals surface area contributed by atoms with Crippen molar-refractivity contribution in [3.8, 4) is 0 Å². The molecular weight excluding hydrogens is 284 g/mol. The number of carbonyl (C=O) groups excluding carboxylic acids is 1. The van der Waals surface area contributed by atoms with E-state index >= 15 is 0 Å². The van der Waals surface area contributed by atoms with Crippen LogP contribution in [-0.2, 0) is 10.8 Å². The van der Waals surface area contributed by atoms with Gasteiger partial charge in [0.15, 0.2) is 0 Å². The lowest BCUT2D eigenvalue weighted by molar-refractivity contribution is 0.0935. The van der Waals surface area contributed by atoms with Crippen molar-refractivity contribution in [2.45, 2.75) is 39.2 Å². The van der Waals surface area contributed by atoms with Crippen LogP contribution in [0.25, 0.3) is 0 Å². The van der Waals surface area contributed by atoms with Crippen molar-refractivity contribution in [1.82, 2.24) is 5.32 Å². The number of rotatable bonds is 5. The van der Waals surface area contributed by atoms with Crippen molar-refractivity contribution in [3.05, 3.63) is 29.3 Å². The van der Waals surface area contributed by atoms with E-state index in [4.69, 9.17) is 0 Å². The van der Waals surface area contributed by atoms with E-state index in [2.05, 4.69) is 17.6 Å². The topological polar surface area (TPSA) is 58.2 Å². The molecule has 0 unspecified atom stereocenters. The SMILES string of the molecule is CCCNc1cc(C)ccc1C(=O)NC1CCS(=O)CC1. The van der Waals surface area contributed by atoms with Crippen molar-refractivity contribution < 1.29 is 9.00 Å². The van der Waals surface area contributed by atoms with E-state index in [-0.39, 0.29) is 11.9 Å². The normalized spacial score (nSPS) is 21.8. The molecule has 1 fully saturated rings. The van der Waals surface area contributed by atoms with E-state index in [0.717, 1.165) is 37.1 Å². The third kappa shape index (κ3) is 4.56. The first kappa shape index (κ1) is 16.0. The smallest absolute Gasteiger partial charge is 0.253 e. The fourth-order valence-corrected chi connectivity index (χ4v) is 3.76. The van der Waals surface area contributed by atoms with Crippen molar-refractivity contribution in [3.63, 3.8) is 0 Å². The Bertz CT molecular complexity index is 521. The van der Waals surface area contributed by atoms with Gasteiger partial charge in [-0.2, -0.15) is 0 Å². The monoisotopic (exact) mass is 308 g/mol. The van der Waals surface area contributed by atoms with Crippen LogP contribution >= 0.6 is 0 Å². The number of aryl methyl sites for hydroxylation is 1. The summed E-state index contributed by atoms with van der Waals surface area (Å²) in [4.78, 5) is 12.5. The van der Waals surface area contributed by atoms with Gasteiger partial charge in [0.2, 0.25) is 0 Å². The maximum atomic E-state index is 12.5. The molecule has 2 rings (SSSR count). The highest BCUT2D eigenvalue weighted by Gasteiger charge is 2.21. The zero-order chi connectivity index (χ0) is 15.2. The predicted molar refractivity (Wildman–Crippen MR) is 88.3 cm³/mol. The second kappa shape index (κ2) is 7.59. The average Bonchev–Trinajstić information content (AvgIpc) is 2.47. The molecule has 0 atom stereocenters. The number of hydrogen-bond acceptors (Lipinski definition) is 3. The number of hydrogen-bond donors (Lipinski definition) is 2. The van der Waals surface area contributed by atoms with Crippen LogP contribution in [0.4, 0.5) is 5.69 Å². The first-order chi connectivity index (χ1) is 10.1. The molecule has 1 aliphatic rings. The van der Waals surface area contributed by atoms with Gasteiger partial charge in [-0.25, -0.2) is 0 Å². The predicted octanol–water partition coefficient (Wildman–Crippen LogP) is 2.46. The molecule has 116 valence electrons. The molecule has 0 bridgehead atoms. The van der Waals surface area contributed by atoms with E-state index in [1.54, 1.807) is 0 Å². The van der Waals surface area contributed by atoms with E-state index in [1.807, 2.05) is 25.1 Å². The van der Waals surface area contributed by atoms with Crippen molar-refractivity contribution in [2.75, 3.05) is 23.4 Å². The highest BCUT2D eigenvalue weighted by molar-refractivity contribution is 7.85. The van der Waals surface area contributed by atoms with Gasteiger partial charge in [-0.3, -0.25) is 9.00 Å². The summed E-state index contributed by atoms with van der Waals surface area (Å²) in [6.07, 6.45) is 2.63. The van der Waals surface area contributed by atoms with E-state index in [0.29, 0.717) is 17.1 Å². The summed E-state index contributed by atoms with van der Waals surface area (Å²) in [5, 5.41) is 6.40. The van der Waals surface area contributed by atoms with Gasteiger partial charge in [-0.15, -0.1) is 0 Å². The van der Waals surface area contributed by atoms with Gasteiger partial charge in [-0.1, -0.05) is 13.0 Å². The molecule has 0 spiro atoms. The molecule has 2 N–H and O–H groups in total. The van der Waals surface area contributed by atoms with E-state index < -0.39 is 10.8 Å². The average molecular weight is 308 g/mol. The van der Waals surface area contributed by atoms with Crippen LogP contribution in [0.2, 0.25) is 0 Å². The van der Waals surface area contributed by atoms with Crippen molar-refractivity contribution in [1.29, 1.82) is 0 Å². The maximum Gasteiger partial charge on any atom is 0.253 e. The summed E-state index contributed by atoms with van der Waals surface area (Å²) >= 11 is 0. The van der Waals surface area contributed by atoms with Crippen LogP contribution in [0.1, 0.15) is 42.1 Å². The van der Waals surface area contributed by atoms with Crippen molar-refractivity contribution in [2.24, 2.45) is 0 Å². The van der Waals surface area contributed by atoms with Crippen LogP contribution < -0.4 is 10.6 Å². The number of anilines is 1. The van der Waals surface area contributed by atoms with Gasteiger partial charge in [0.05, 0.1) is 5.56 Å². The van der Waals surface area contributed by atoms with Gasteiger partial charge < -0.3 is 10.6 Å². The summed E-state index contributed by atoms with van der Waals surface area (Å²) in [6.45, 7) is 4.98. The Labute approximate surface area is 129 Å². The first-order valence-corrected chi connectivity index (χ1v) is 9.09. The lowest BCUT2D eigenvalue weighted by Gasteiger charge is -2.23. The molecule has 1 aliphatic heterocycles. The zero-order valence-corrected chi connectivity index (χ0v) is 13.6. The Morgan fingerprint density at radius 2 is 2.05 bits per heavy atom. The molecule has 0 saturated carbocycles. The molecule has 0 aliphatic carbocycles. The Morgan fingerprint density at radius 1 is 1.33 bits per heavy atom. The molecular formula is C16H24N2O2S. The van der Waals surface area contributed by atoms with Crippen LogP contribution in [0, 0.1) is 6.92 Å². The van der Waals surface area contributed by atoms with Crippen LogP contribution in [-0.4, -0.2) is 34.2 Å². The fraction of sp³-hybridized carbons (Fsp3) is 0.562. The lowest BCUT2D eigenvalue weighted by atomic mass is 10.1. The molecule has 21 heavy (non-hydrogen) atoms. The van der Waals surface area contributed by atoms with E-state index in [1.165, 1.54) is 0 Å².